The molecule has 0 aliphatic heterocycles. The van der Waals surface area contributed by atoms with Crippen LogP contribution in [-0.4, -0.2) is 36.0 Å². The lowest BCUT2D eigenvalue weighted by atomic mass is 10.1. The number of ether oxygens (including phenoxy) is 2. The molecule has 2 N–H and O–H groups in total. The summed E-state index contributed by atoms with van der Waals surface area (Å²) in [5.41, 5.74) is 5.12. The standard InChI is InChI=1S/C22H22N4O3/c1-3-29-21-13-7-5-11-17(21)18-15-19(25-24-18)22(27)26-23-14-8-10-16-9-4-6-12-20(16)28-2/h4-15H,3H2,1-2H3,(H,24,25)(H,26,27)/b10-8+,23-14+. The van der Waals surface area contributed by atoms with E-state index in [1.165, 1.54) is 6.21 Å². The second-order valence-corrected chi connectivity index (χ2v) is 5.92. The summed E-state index contributed by atoms with van der Waals surface area (Å²) in [5.74, 6) is 1.09. The number of amides is 1. The van der Waals surface area contributed by atoms with E-state index in [-0.39, 0.29) is 5.91 Å². The Morgan fingerprint density at radius 2 is 1.93 bits per heavy atom. The first-order chi connectivity index (χ1) is 14.2. The van der Waals surface area contributed by atoms with Crippen molar-refractivity contribution < 1.29 is 14.3 Å². The van der Waals surface area contributed by atoms with Crippen LogP contribution in [-0.2, 0) is 0 Å². The van der Waals surface area contributed by atoms with E-state index in [4.69, 9.17) is 9.47 Å². The number of nitrogens with one attached hydrogen (secondary N) is 2. The Balaban J connectivity index is 1.62. The van der Waals surface area contributed by atoms with Crippen LogP contribution in [0.3, 0.4) is 0 Å². The summed E-state index contributed by atoms with van der Waals surface area (Å²) in [5, 5.41) is 10.9. The Bertz CT molecular complexity index is 1020. The number of hydrogen-bond acceptors (Lipinski definition) is 5. The minimum atomic E-state index is -0.389. The van der Waals surface area contributed by atoms with Crippen LogP contribution in [0, 0.1) is 0 Å². The van der Waals surface area contributed by atoms with Crippen molar-refractivity contribution in [1.82, 2.24) is 15.6 Å². The lowest BCUT2D eigenvalue weighted by Gasteiger charge is -2.07. The average molecular weight is 390 g/mol. The average Bonchev–Trinajstić information content (AvgIpc) is 3.24. The molecule has 0 spiro atoms. The maximum atomic E-state index is 12.3. The van der Waals surface area contributed by atoms with E-state index in [1.54, 1.807) is 19.3 Å². The highest BCUT2D eigenvalue weighted by molar-refractivity contribution is 5.94. The molecule has 0 fully saturated rings. The summed E-state index contributed by atoms with van der Waals surface area (Å²) < 4.78 is 10.9. The van der Waals surface area contributed by atoms with Crippen molar-refractivity contribution in [3.63, 3.8) is 0 Å². The SMILES string of the molecule is CCOc1ccccc1-c1cc(C(=O)N/N=C/C=C/c2ccccc2OC)[nH]n1. The predicted molar refractivity (Wildman–Crippen MR) is 113 cm³/mol. The molecule has 0 aliphatic carbocycles. The van der Waals surface area contributed by atoms with Gasteiger partial charge in [0.2, 0.25) is 0 Å². The first-order valence-electron chi connectivity index (χ1n) is 9.13. The first kappa shape index (κ1) is 19.9. The number of carbonyl (C=O) groups is 1. The van der Waals surface area contributed by atoms with Crippen LogP contribution >= 0.6 is 0 Å². The third kappa shape index (κ3) is 5.10. The molecule has 1 aromatic heterocycles. The van der Waals surface area contributed by atoms with Gasteiger partial charge < -0.3 is 9.47 Å². The maximum absolute atomic E-state index is 12.3. The molecule has 29 heavy (non-hydrogen) atoms. The maximum Gasteiger partial charge on any atom is 0.289 e. The minimum absolute atomic E-state index is 0.303. The van der Waals surface area contributed by atoms with E-state index < -0.39 is 0 Å². The van der Waals surface area contributed by atoms with Crippen LogP contribution in [0.5, 0.6) is 11.5 Å². The Morgan fingerprint density at radius 1 is 1.17 bits per heavy atom. The fraction of sp³-hybridized carbons (Fsp3) is 0.136. The normalized spacial score (nSPS) is 11.1. The summed E-state index contributed by atoms with van der Waals surface area (Å²) in [6.45, 7) is 2.46. The zero-order chi connectivity index (χ0) is 20.5. The highest BCUT2D eigenvalue weighted by Gasteiger charge is 2.13. The molecule has 0 radical (unpaired) electrons. The van der Waals surface area contributed by atoms with Crippen molar-refractivity contribution in [3.8, 4) is 22.8 Å². The number of para-hydroxylation sites is 2. The van der Waals surface area contributed by atoms with Gasteiger partial charge in [-0.05, 0) is 43.3 Å². The van der Waals surface area contributed by atoms with Crippen LogP contribution in [0.4, 0.5) is 0 Å². The van der Waals surface area contributed by atoms with Gasteiger partial charge in [0.15, 0.2) is 0 Å². The second-order valence-electron chi connectivity index (χ2n) is 5.92. The third-order valence-electron chi connectivity index (χ3n) is 4.03. The Kier molecular flexibility index (Phi) is 6.78. The van der Waals surface area contributed by atoms with Crippen molar-refractivity contribution in [2.45, 2.75) is 6.92 Å². The van der Waals surface area contributed by atoms with Crippen molar-refractivity contribution >= 4 is 18.2 Å². The molecule has 2 aromatic carbocycles. The molecule has 0 bridgehead atoms. The topological polar surface area (TPSA) is 88.6 Å². The van der Waals surface area contributed by atoms with Gasteiger partial charge in [-0.1, -0.05) is 30.3 Å². The van der Waals surface area contributed by atoms with E-state index in [1.807, 2.05) is 61.5 Å². The fourth-order valence-corrected chi connectivity index (χ4v) is 2.69. The zero-order valence-electron chi connectivity index (χ0n) is 16.3. The van der Waals surface area contributed by atoms with Gasteiger partial charge in [0, 0.05) is 17.3 Å². The Labute approximate surface area is 169 Å². The first-order valence-corrected chi connectivity index (χ1v) is 9.13. The highest BCUT2D eigenvalue weighted by atomic mass is 16.5. The number of hydrazone groups is 1. The molecule has 7 heteroatoms. The Hall–Kier alpha value is -3.87. The number of carbonyl (C=O) groups excluding carboxylic acids is 1. The molecule has 7 nitrogen and oxygen atoms in total. The molecule has 1 heterocycles. The molecular weight excluding hydrogens is 368 g/mol. The number of H-pyrrole nitrogens is 1. The van der Waals surface area contributed by atoms with Gasteiger partial charge in [0.25, 0.3) is 5.91 Å². The molecule has 0 atom stereocenters. The third-order valence-corrected chi connectivity index (χ3v) is 4.03. The second kappa shape index (κ2) is 9.89. The molecule has 0 saturated heterocycles. The van der Waals surface area contributed by atoms with Gasteiger partial charge in [-0.2, -0.15) is 10.2 Å². The van der Waals surface area contributed by atoms with Crippen LogP contribution in [0.2, 0.25) is 0 Å². The van der Waals surface area contributed by atoms with Crippen LogP contribution in [0.25, 0.3) is 17.3 Å². The predicted octanol–water partition coefficient (Wildman–Crippen LogP) is 3.91. The van der Waals surface area contributed by atoms with E-state index >= 15 is 0 Å². The van der Waals surface area contributed by atoms with Crippen molar-refractivity contribution in [2.24, 2.45) is 5.10 Å². The van der Waals surface area contributed by atoms with E-state index in [2.05, 4.69) is 20.7 Å². The lowest BCUT2D eigenvalue weighted by Crippen LogP contribution is -2.17. The van der Waals surface area contributed by atoms with Gasteiger partial charge in [-0.3, -0.25) is 9.89 Å². The quantitative estimate of drug-likeness (QED) is 0.451. The summed E-state index contributed by atoms with van der Waals surface area (Å²) >= 11 is 0. The number of benzene rings is 2. The van der Waals surface area contributed by atoms with Crippen molar-refractivity contribution in [2.75, 3.05) is 13.7 Å². The summed E-state index contributed by atoms with van der Waals surface area (Å²) in [4.78, 5) is 12.3. The van der Waals surface area contributed by atoms with Gasteiger partial charge in [0.1, 0.15) is 17.2 Å². The number of aromatic amines is 1. The van der Waals surface area contributed by atoms with Gasteiger partial charge in [-0.15, -0.1) is 0 Å². The van der Waals surface area contributed by atoms with Crippen LogP contribution in [0.15, 0.2) is 65.8 Å². The molecule has 148 valence electrons. The number of allylic oxidation sites excluding steroid dienone is 1. The van der Waals surface area contributed by atoms with Gasteiger partial charge in [-0.25, -0.2) is 5.43 Å². The van der Waals surface area contributed by atoms with Crippen molar-refractivity contribution in [1.29, 1.82) is 0 Å². The van der Waals surface area contributed by atoms with Crippen LogP contribution in [0.1, 0.15) is 23.0 Å². The Morgan fingerprint density at radius 3 is 2.72 bits per heavy atom. The summed E-state index contributed by atoms with van der Waals surface area (Å²) in [6.07, 6.45) is 5.05. The lowest BCUT2D eigenvalue weighted by molar-refractivity contribution is 0.0950. The number of hydrogen-bond donors (Lipinski definition) is 2. The number of rotatable bonds is 8. The smallest absolute Gasteiger partial charge is 0.289 e. The molecule has 3 rings (SSSR count). The van der Waals surface area contributed by atoms with Crippen molar-refractivity contribution in [3.05, 3.63) is 71.9 Å². The molecule has 1 amide bonds. The van der Waals surface area contributed by atoms with E-state index in [9.17, 15) is 4.79 Å². The molecule has 0 saturated carbocycles. The number of nitrogens with zero attached hydrogens (tertiary/aromatic N) is 2. The number of methoxy groups -OCH3 is 1. The summed E-state index contributed by atoms with van der Waals surface area (Å²) in [7, 11) is 1.62. The number of aromatic nitrogens is 2. The van der Waals surface area contributed by atoms with E-state index in [0.29, 0.717) is 23.7 Å². The molecule has 3 aromatic rings. The van der Waals surface area contributed by atoms with Gasteiger partial charge in [0.05, 0.1) is 19.4 Å². The highest BCUT2D eigenvalue weighted by Crippen LogP contribution is 2.28. The monoisotopic (exact) mass is 390 g/mol. The van der Waals surface area contributed by atoms with Gasteiger partial charge >= 0.3 is 0 Å². The largest absolute Gasteiger partial charge is 0.496 e. The van der Waals surface area contributed by atoms with E-state index in [0.717, 1.165) is 16.9 Å². The fourth-order valence-electron chi connectivity index (χ4n) is 2.69. The molecule has 0 aliphatic rings. The summed E-state index contributed by atoms with van der Waals surface area (Å²) in [6, 6.07) is 16.8. The zero-order valence-corrected chi connectivity index (χ0v) is 16.3. The minimum Gasteiger partial charge on any atom is -0.496 e. The molecule has 0 unspecified atom stereocenters. The van der Waals surface area contributed by atoms with Crippen LogP contribution < -0.4 is 14.9 Å². The molecular formula is C22H22N4O3.